The van der Waals surface area contributed by atoms with Gasteiger partial charge in [-0.25, -0.2) is 9.97 Å². The van der Waals surface area contributed by atoms with Crippen molar-refractivity contribution in [2.24, 2.45) is 0 Å². The molecule has 0 bridgehead atoms. The number of halogens is 1. The number of nitrogens with zero attached hydrogens (tertiary/aromatic N) is 3. The standard InChI is InChI=1S/C11H17ClN4O2/c1-4-13-11(17)6-16(2)10-5-8(12)14-9(15-10)7-18-3/h5H,4,6-7H2,1-3H3,(H,13,17). The molecule has 0 saturated carbocycles. The maximum absolute atomic E-state index is 11.5. The molecule has 1 rings (SSSR count). The summed E-state index contributed by atoms with van der Waals surface area (Å²) >= 11 is 5.89. The topological polar surface area (TPSA) is 67.4 Å². The monoisotopic (exact) mass is 272 g/mol. The Kier molecular flexibility index (Phi) is 5.80. The third-order valence-corrected chi connectivity index (χ3v) is 2.34. The minimum Gasteiger partial charge on any atom is -0.377 e. The molecule has 7 heteroatoms. The van der Waals surface area contributed by atoms with Crippen molar-refractivity contribution in [3.8, 4) is 0 Å². The second kappa shape index (κ2) is 7.13. The summed E-state index contributed by atoms with van der Waals surface area (Å²) in [6, 6.07) is 1.61. The third-order valence-electron chi connectivity index (χ3n) is 2.15. The molecular weight excluding hydrogens is 256 g/mol. The van der Waals surface area contributed by atoms with E-state index in [0.717, 1.165) is 0 Å². The van der Waals surface area contributed by atoms with E-state index in [9.17, 15) is 4.79 Å². The van der Waals surface area contributed by atoms with Gasteiger partial charge in [-0.3, -0.25) is 4.79 Å². The number of likely N-dealkylation sites (N-methyl/N-ethyl adjacent to an activating group) is 2. The molecule has 1 N–H and O–H groups in total. The highest BCUT2D eigenvalue weighted by Crippen LogP contribution is 2.15. The maximum atomic E-state index is 11.5. The molecule has 0 aliphatic heterocycles. The highest BCUT2D eigenvalue weighted by Gasteiger charge is 2.10. The average Bonchev–Trinajstić information content (AvgIpc) is 2.28. The van der Waals surface area contributed by atoms with Crippen LogP contribution in [0.15, 0.2) is 6.07 Å². The van der Waals surface area contributed by atoms with Gasteiger partial charge in [0.25, 0.3) is 0 Å². The highest BCUT2D eigenvalue weighted by atomic mass is 35.5. The van der Waals surface area contributed by atoms with E-state index in [1.165, 1.54) is 0 Å². The number of hydrogen-bond acceptors (Lipinski definition) is 5. The molecule has 18 heavy (non-hydrogen) atoms. The number of ether oxygens (including phenoxy) is 1. The molecule has 0 aliphatic carbocycles. The van der Waals surface area contributed by atoms with Gasteiger partial charge in [0, 0.05) is 26.8 Å². The fourth-order valence-electron chi connectivity index (χ4n) is 1.39. The van der Waals surface area contributed by atoms with Crippen LogP contribution in [0.3, 0.4) is 0 Å². The summed E-state index contributed by atoms with van der Waals surface area (Å²) in [7, 11) is 3.33. The molecule has 1 heterocycles. The number of nitrogens with one attached hydrogen (secondary N) is 1. The smallest absolute Gasteiger partial charge is 0.239 e. The van der Waals surface area contributed by atoms with Crippen molar-refractivity contribution >= 4 is 23.3 Å². The normalized spacial score (nSPS) is 10.2. The second-order valence-electron chi connectivity index (χ2n) is 3.71. The number of methoxy groups -OCH3 is 1. The predicted molar refractivity (Wildman–Crippen MR) is 69.7 cm³/mol. The summed E-state index contributed by atoms with van der Waals surface area (Å²) in [5, 5.41) is 3.05. The van der Waals surface area contributed by atoms with E-state index in [1.807, 2.05) is 6.92 Å². The first-order valence-electron chi connectivity index (χ1n) is 5.57. The molecule has 1 amide bonds. The first-order valence-corrected chi connectivity index (χ1v) is 5.94. The van der Waals surface area contributed by atoms with Crippen LogP contribution < -0.4 is 10.2 Å². The molecule has 0 saturated heterocycles. The zero-order valence-electron chi connectivity index (χ0n) is 10.7. The van der Waals surface area contributed by atoms with Crippen molar-refractivity contribution in [3.63, 3.8) is 0 Å². The zero-order chi connectivity index (χ0) is 13.5. The van der Waals surface area contributed by atoms with Gasteiger partial charge in [0.05, 0.1) is 6.54 Å². The van der Waals surface area contributed by atoms with Crippen LogP contribution in [0.4, 0.5) is 5.82 Å². The Hall–Kier alpha value is -1.40. The molecular formula is C11H17ClN4O2. The number of anilines is 1. The molecule has 100 valence electrons. The Bertz CT molecular complexity index is 414. The van der Waals surface area contributed by atoms with Gasteiger partial charge in [0.1, 0.15) is 17.6 Å². The number of aromatic nitrogens is 2. The lowest BCUT2D eigenvalue weighted by Crippen LogP contribution is -2.35. The van der Waals surface area contributed by atoms with Crippen LogP contribution in [0.5, 0.6) is 0 Å². The average molecular weight is 273 g/mol. The Balaban J connectivity index is 2.78. The number of amides is 1. The number of hydrogen-bond donors (Lipinski definition) is 1. The molecule has 0 aliphatic rings. The van der Waals surface area contributed by atoms with Crippen molar-refractivity contribution in [1.29, 1.82) is 0 Å². The van der Waals surface area contributed by atoms with Crippen molar-refractivity contribution < 1.29 is 9.53 Å². The fraction of sp³-hybridized carbons (Fsp3) is 0.545. The van der Waals surface area contributed by atoms with Crippen LogP contribution in [0, 0.1) is 0 Å². The summed E-state index contributed by atoms with van der Waals surface area (Å²) in [6.07, 6.45) is 0. The summed E-state index contributed by atoms with van der Waals surface area (Å²) in [6.45, 7) is 2.97. The predicted octanol–water partition coefficient (Wildman–Crippen LogP) is 0.849. The quantitative estimate of drug-likeness (QED) is 0.778. The van der Waals surface area contributed by atoms with Gasteiger partial charge in [-0.05, 0) is 6.92 Å². The fourth-order valence-corrected chi connectivity index (χ4v) is 1.59. The van der Waals surface area contributed by atoms with Crippen LogP contribution in [0.2, 0.25) is 5.15 Å². The van der Waals surface area contributed by atoms with Gasteiger partial charge in [-0.15, -0.1) is 0 Å². The van der Waals surface area contributed by atoms with Crippen molar-refractivity contribution in [2.45, 2.75) is 13.5 Å². The molecule has 6 nitrogen and oxygen atoms in total. The Morgan fingerprint density at radius 2 is 2.28 bits per heavy atom. The highest BCUT2D eigenvalue weighted by molar-refractivity contribution is 6.29. The van der Waals surface area contributed by atoms with Gasteiger partial charge < -0.3 is 15.0 Å². The van der Waals surface area contributed by atoms with Crippen LogP contribution in [-0.2, 0) is 16.1 Å². The first-order chi connectivity index (χ1) is 8.56. The van der Waals surface area contributed by atoms with Crippen LogP contribution in [0.25, 0.3) is 0 Å². The van der Waals surface area contributed by atoms with Crippen LogP contribution in [0.1, 0.15) is 12.7 Å². The minimum atomic E-state index is -0.0666. The molecule has 0 atom stereocenters. The van der Waals surface area contributed by atoms with E-state index < -0.39 is 0 Å². The van der Waals surface area contributed by atoms with Crippen molar-refractivity contribution in [2.75, 3.05) is 32.1 Å². The van der Waals surface area contributed by atoms with Crippen LogP contribution in [-0.4, -0.2) is 43.1 Å². The summed E-state index contributed by atoms with van der Waals surface area (Å²) in [4.78, 5) is 21.5. The maximum Gasteiger partial charge on any atom is 0.239 e. The number of carbonyl (C=O) groups excluding carboxylic acids is 1. The molecule has 1 aromatic heterocycles. The van der Waals surface area contributed by atoms with E-state index >= 15 is 0 Å². The molecule has 1 aromatic rings. The van der Waals surface area contributed by atoms with Gasteiger partial charge in [0.2, 0.25) is 5.91 Å². The number of rotatable bonds is 6. The SMILES string of the molecule is CCNC(=O)CN(C)c1cc(Cl)nc(COC)n1. The second-order valence-corrected chi connectivity index (χ2v) is 4.09. The number of carbonyl (C=O) groups is 1. The first kappa shape index (κ1) is 14.7. The lowest BCUT2D eigenvalue weighted by atomic mass is 10.4. The van der Waals surface area contributed by atoms with Crippen LogP contribution >= 0.6 is 11.6 Å². The summed E-state index contributed by atoms with van der Waals surface area (Å²) in [5.41, 5.74) is 0. The van der Waals surface area contributed by atoms with Gasteiger partial charge in [-0.2, -0.15) is 0 Å². The van der Waals surface area contributed by atoms with E-state index in [0.29, 0.717) is 23.3 Å². The van der Waals surface area contributed by atoms with E-state index in [4.69, 9.17) is 16.3 Å². The minimum absolute atomic E-state index is 0.0666. The van der Waals surface area contributed by atoms with Gasteiger partial charge >= 0.3 is 0 Å². The molecule has 0 radical (unpaired) electrons. The largest absolute Gasteiger partial charge is 0.377 e. The van der Waals surface area contributed by atoms with Gasteiger partial charge in [-0.1, -0.05) is 11.6 Å². The molecule has 0 fully saturated rings. The van der Waals surface area contributed by atoms with E-state index in [2.05, 4.69) is 15.3 Å². The lowest BCUT2D eigenvalue weighted by molar-refractivity contribution is -0.119. The van der Waals surface area contributed by atoms with Crippen molar-refractivity contribution in [3.05, 3.63) is 17.0 Å². The Morgan fingerprint density at radius 1 is 1.56 bits per heavy atom. The summed E-state index contributed by atoms with van der Waals surface area (Å²) < 4.78 is 4.96. The zero-order valence-corrected chi connectivity index (χ0v) is 11.5. The molecule has 0 aromatic carbocycles. The van der Waals surface area contributed by atoms with E-state index in [1.54, 1.807) is 25.1 Å². The lowest BCUT2D eigenvalue weighted by Gasteiger charge is -2.18. The Labute approximate surface area is 111 Å². The van der Waals surface area contributed by atoms with Crippen molar-refractivity contribution in [1.82, 2.24) is 15.3 Å². The molecule has 0 spiro atoms. The summed E-state index contributed by atoms with van der Waals surface area (Å²) in [5.74, 6) is 1.01. The third kappa shape index (κ3) is 4.46. The molecule has 0 unspecified atom stereocenters. The van der Waals surface area contributed by atoms with Gasteiger partial charge in [0.15, 0.2) is 5.82 Å². The Morgan fingerprint density at radius 3 is 2.89 bits per heavy atom. The van der Waals surface area contributed by atoms with E-state index in [-0.39, 0.29) is 19.1 Å².